The Kier molecular flexibility index (Phi) is 6.03. The summed E-state index contributed by atoms with van der Waals surface area (Å²) >= 11 is 1.51. The zero-order chi connectivity index (χ0) is 24.2. The molecule has 3 fully saturated rings. The second-order valence-corrected chi connectivity index (χ2v) is 11.6. The van der Waals surface area contributed by atoms with E-state index in [0.29, 0.717) is 24.3 Å². The predicted octanol–water partition coefficient (Wildman–Crippen LogP) is 2.45. The van der Waals surface area contributed by atoms with Gasteiger partial charge in [0.05, 0.1) is 36.5 Å². The van der Waals surface area contributed by atoms with Crippen LogP contribution in [0.2, 0.25) is 0 Å². The first-order chi connectivity index (χ1) is 17.0. The number of hydrogen-bond acceptors (Lipinski definition) is 10. The van der Waals surface area contributed by atoms with Gasteiger partial charge in [-0.25, -0.2) is 15.0 Å². The van der Waals surface area contributed by atoms with E-state index in [4.69, 9.17) is 25.2 Å². The fourth-order valence-corrected chi connectivity index (χ4v) is 7.02. The van der Waals surface area contributed by atoms with Crippen LogP contribution in [0.4, 0.5) is 11.6 Å². The van der Waals surface area contributed by atoms with Crippen LogP contribution in [0.15, 0.2) is 28.4 Å². The van der Waals surface area contributed by atoms with E-state index in [1.54, 1.807) is 6.20 Å². The molecule has 2 aromatic heterocycles. The van der Waals surface area contributed by atoms with E-state index in [-0.39, 0.29) is 24.2 Å². The van der Waals surface area contributed by atoms with Crippen molar-refractivity contribution in [1.82, 2.24) is 15.0 Å². The van der Waals surface area contributed by atoms with E-state index in [9.17, 15) is 5.11 Å². The lowest BCUT2D eigenvalue weighted by molar-refractivity contribution is 0.0973. The molecule has 1 unspecified atom stereocenters. The molecule has 35 heavy (non-hydrogen) atoms. The van der Waals surface area contributed by atoms with Crippen LogP contribution in [0.1, 0.15) is 38.8 Å². The van der Waals surface area contributed by atoms with E-state index in [1.165, 1.54) is 11.8 Å². The number of fused-ring (bicyclic) bond motifs is 3. The van der Waals surface area contributed by atoms with Gasteiger partial charge in [-0.15, -0.1) is 0 Å². The number of hydrogen-bond donors (Lipinski definition) is 2. The quantitative estimate of drug-likeness (QED) is 0.652. The number of pyridine rings is 1. The summed E-state index contributed by atoms with van der Waals surface area (Å²) in [6.07, 6.45) is 6.80. The third-order valence-electron chi connectivity index (χ3n) is 8.24. The average Bonchev–Trinajstić information content (AvgIpc) is 3.39. The molecule has 0 radical (unpaired) electrons. The third-order valence-corrected chi connectivity index (χ3v) is 9.18. The van der Waals surface area contributed by atoms with Gasteiger partial charge in [-0.1, -0.05) is 18.7 Å². The van der Waals surface area contributed by atoms with Crippen LogP contribution < -0.4 is 20.3 Å². The smallest absolute Gasteiger partial charge is 0.175 e. The maximum Gasteiger partial charge on any atom is 0.175 e. The molecule has 4 atom stereocenters. The first-order valence-corrected chi connectivity index (χ1v) is 13.4. The number of aromatic nitrogens is 3. The molecule has 10 heteroatoms. The molecule has 0 bridgehead atoms. The standard InChI is InChI=1S/C25H34N6O3S/c1-15-9-17-13-33-21-19(3-6-27-24(21)31(17)11-15)35-20-10-28-23(18(12-32)29-20)30-7-4-25(5-8-30)14-34-16(2)22(25)26/h3,6,10,15-17,22,32H,4-5,7-9,11-14,26H2,1-2H3/t15-,16+,17?,22-/m1/s1. The number of aliphatic hydroxyl groups excluding tert-OH is 1. The topological polar surface area (TPSA) is 110 Å². The lowest BCUT2D eigenvalue weighted by atomic mass is 9.73. The van der Waals surface area contributed by atoms with E-state index < -0.39 is 0 Å². The highest BCUT2D eigenvalue weighted by Gasteiger charge is 2.47. The van der Waals surface area contributed by atoms with Gasteiger partial charge in [0.2, 0.25) is 0 Å². The minimum absolute atomic E-state index is 0.0467. The molecule has 3 saturated heterocycles. The van der Waals surface area contributed by atoms with Gasteiger partial charge in [0.1, 0.15) is 17.3 Å². The summed E-state index contributed by atoms with van der Waals surface area (Å²) < 4.78 is 12.0. The summed E-state index contributed by atoms with van der Waals surface area (Å²) in [5, 5.41) is 10.9. The summed E-state index contributed by atoms with van der Waals surface area (Å²) in [7, 11) is 0. The van der Waals surface area contributed by atoms with Crippen molar-refractivity contribution in [2.75, 3.05) is 42.6 Å². The maximum absolute atomic E-state index is 10.1. The van der Waals surface area contributed by atoms with E-state index in [0.717, 1.165) is 72.8 Å². The van der Waals surface area contributed by atoms with Gasteiger partial charge >= 0.3 is 0 Å². The molecule has 6 heterocycles. The number of nitrogens with zero attached hydrogens (tertiary/aromatic N) is 5. The first kappa shape index (κ1) is 23.3. The number of piperidine rings is 1. The van der Waals surface area contributed by atoms with Crippen LogP contribution in [-0.4, -0.2) is 71.1 Å². The molecule has 9 nitrogen and oxygen atoms in total. The molecular formula is C25H34N6O3S. The third kappa shape index (κ3) is 4.04. The SMILES string of the molecule is C[C@@H]1CC2COc3c(Sc4cnc(N5CCC6(CC5)CO[C@@H](C)[C@H]6N)c(CO)n4)ccnc3N2C1. The molecule has 4 aliphatic heterocycles. The minimum Gasteiger partial charge on any atom is -0.486 e. The van der Waals surface area contributed by atoms with Crippen LogP contribution in [0, 0.1) is 11.3 Å². The van der Waals surface area contributed by atoms with Gasteiger partial charge in [-0.05, 0) is 38.2 Å². The Morgan fingerprint density at radius 2 is 2.06 bits per heavy atom. The van der Waals surface area contributed by atoms with Crippen LogP contribution in [-0.2, 0) is 11.3 Å². The van der Waals surface area contributed by atoms with E-state index in [1.807, 2.05) is 12.3 Å². The lowest BCUT2D eigenvalue weighted by Gasteiger charge is -2.41. The highest BCUT2D eigenvalue weighted by molar-refractivity contribution is 7.99. The number of nitrogens with two attached hydrogens (primary N) is 1. The summed E-state index contributed by atoms with van der Waals surface area (Å²) in [6, 6.07) is 2.44. The van der Waals surface area contributed by atoms with Crippen LogP contribution in [0.25, 0.3) is 0 Å². The van der Waals surface area contributed by atoms with Crippen LogP contribution >= 0.6 is 11.8 Å². The molecule has 2 aromatic rings. The highest BCUT2D eigenvalue weighted by atomic mass is 32.2. The zero-order valence-electron chi connectivity index (χ0n) is 20.4. The maximum atomic E-state index is 10.1. The Hall–Kier alpha value is -2.14. The molecule has 6 rings (SSSR count). The fraction of sp³-hybridized carbons (Fsp3) is 0.640. The molecule has 0 saturated carbocycles. The monoisotopic (exact) mass is 498 g/mol. The number of aliphatic hydroxyl groups is 1. The molecule has 188 valence electrons. The fourth-order valence-electron chi connectivity index (χ4n) is 6.16. The second-order valence-electron chi connectivity index (χ2n) is 10.5. The van der Waals surface area contributed by atoms with Crippen molar-refractivity contribution in [2.24, 2.45) is 17.1 Å². The summed E-state index contributed by atoms with van der Waals surface area (Å²) in [4.78, 5) is 19.7. The summed E-state index contributed by atoms with van der Waals surface area (Å²) in [6.45, 7) is 8.28. The van der Waals surface area contributed by atoms with Crippen molar-refractivity contribution in [3.63, 3.8) is 0 Å². The van der Waals surface area contributed by atoms with E-state index in [2.05, 4.69) is 28.6 Å². The molecule has 3 N–H and O–H groups in total. The zero-order valence-corrected chi connectivity index (χ0v) is 21.2. The number of ether oxygens (including phenoxy) is 2. The van der Waals surface area contributed by atoms with Gasteiger partial charge < -0.3 is 30.1 Å². The molecule has 0 aromatic carbocycles. The van der Waals surface area contributed by atoms with Crippen molar-refractivity contribution in [3.8, 4) is 5.75 Å². The number of rotatable bonds is 4. The number of anilines is 2. The Balaban J connectivity index is 1.19. The predicted molar refractivity (Wildman–Crippen MR) is 134 cm³/mol. The lowest BCUT2D eigenvalue weighted by Crippen LogP contribution is -2.51. The van der Waals surface area contributed by atoms with Gasteiger partial charge in [-0.3, -0.25) is 0 Å². The largest absolute Gasteiger partial charge is 0.486 e. The molecular weight excluding hydrogens is 464 g/mol. The Morgan fingerprint density at radius 1 is 1.23 bits per heavy atom. The molecule has 0 amide bonds. The summed E-state index contributed by atoms with van der Waals surface area (Å²) in [5.41, 5.74) is 7.12. The Morgan fingerprint density at radius 3 is 2.80 bits per heavy atom. The molecule has 4 aliphatic rings. The Labute approximate surface area is 210 Å². The van der Waals surface area contributed by atoms with Crippen molar-refractivity contribution >= 4 is 23.4 Å². The second kappa shape index (κ2) is 9.06. The van der Waals surface area contributed by atoms with Gasteiger partial charge in [0, 0.05) is 37.3 Å². The van der Waals surface area contributed by atoms with Gasteiger partial charge in [0.15, 0.2) is 17.4 Å². The van der Waals surface area contributed by atoms with Crippen molar-refractivity contribution < 1.29 is 14.6 Å². The highest BCUT2D eigenvalue weighted by Crippen LogP contribution is 2.45. The normalized spacial score (nSPS) is 29.3. The van der Waals surface area contributed by atoms with Gasteiger partial charge in [0.25, 0.3) is 0 Å². The van der Waals surface area contributed by atoms with E-state index >= 15 is 0 Å². The van der Waals surface area contributed by atoms with Crippen LogP contribution in [0.3, 0.4) is 0 Å². The molecule has 1 spiro atoms. The average molecular weight is 499 g/mol. The summed E-state index contributed by atoms with van der Waals surface area (Å²) in [5.74, 6) is 3.15. The molecule has 0 aliphatic carbocycles. The van der Waals surface area contributed by atoms with Crippen molar-refractivity contribution in [1.29, 1.82) is 0 Å². The minimum atomic E-state index is -0.156. The first-order valence-electron chi connectivity index (χ1n) is 12.6. The van der Waals surface area contributed by atoms with Crippen molar-refractivity contribution in [3.05, 3.63) is 24.2 Å². The van der Waals surface area contributed by atoms with Crippen molar-refractivity contribution in [2.45, 2.75) is 67.8 Å². The van der Waals surface area contributed by atoms with Crippen LogP contribution in [0.5, 0.6) is 5.75 Å². The Bertz CT molecular complexity index is 1090. The van der Waals surface area contributed by atoms with Gasteiger partial charge in [-0.2, -0.15) is 0 Å².